The molecule has 118 valence electrons. The predicted octanol–water partition coefficient (Wildman–Crippen LogP) is 2.38. The van der Waals surface area contributed by atoms with Gasteiger partial charge in [-0.05, 0) is 36.9 Å². The number of methoxy groups -OCH3 is 1. The van der Waals surface area contributed by atoms with E-state index in [-0.39, 0.29) is 5.91 Å². The topological polar surface area (TPSA) is 45.9 Å². The third-order valence-electron chi connectivity index (χ3n) is 3.39. The summed E-state index contributed by atoms with van der Waals surface area (Å²) in [5.74, 6) is 1.67. The molecule has 0 bridgehead atoms. The minimum Gasteiger partial charge on any atom is -0.497 e. The molecule has 1 aromatic carbocycles. The zero-order valence-electron chi connectivity index (χ0n) is 13.3. The van der Waals surface area contributed by atoms with Gasteiger partial charge < -0.3 is 14.1 Å². The van der Waals surface area contributed by atoms with Gasteiger partial charge in [0, 0.05) is 13.6 Å². The third-order valence-corrected chi connectivity index (χ3v) is 3.39. The zero-order valence-corrected chi connectivity index (χ0v) is 13.3. The molecule has 1 aromatic heterocycles. The van der Waals surface area contributed by atoms with Crippen molar-refractivity contribution >= 4 is 5.91 Å². The Labute approximate surface area is 131 Å². The van der Waals surface area contributed by atoms with Crippen molar-refractivity contribution in [3.8, 4) is 5.75 Å². The van der Waals surface area contributed by atoms with Crippen LogP contribution in [0.3, 0.4) is 0 Å². The van der Waals surface area contributed by atoms with Crippen LogP contribution in [0.4, 0.5) is 0 Å². The molecule has 0 radical (unpaired) electrons. The van der Waals surface area contributed by atoms with E-state index in [9.17, 15) is 4.79 Å². The number of ether oxygens (including phenoxy) is 1. The fourth-order valence-electron chi connectivity index (χ4n) is 2.21. The molecule has 5 heteroatoms. The number of amides is 1. The largest absolute Gasteiger partial charge is 0.497 e. The highest BCUT2D eigenvalue weighted by Crippen LogP contribution is 2.14. The van der Waals surface area contributed by atoms with Gasteiger partial charge in [-0.25, -0.2) is 0 Å². The van der Waals surface area contributed by atoms with Crippen molar-refractivity contribution in [1.29, 1.82) is 0 Å². The van der Waals surface area contributed by atoms with Crippen molar-refractivity contribution in [1.82, 2.24) is 9.80 Å². The highest BCUT2D eigenvalue weighted by Gasteiger charge is 2.13. The molecule has 0 aliphatic rings. The summed E-state index contributed by atoms with van der Waals surface area (Å²) >= 11 is 0. The van der Waals surface area contributed by atoms with Crippen molar-refractivity contribution in [2.75, 3.05) is 27.7 Å². The fourth-order valence-corrected chi connectivity index (χ4v) is 2.21. The van der Waals surface area contributed by atoms with E-state index in [1.54, 1.807) is 25.3 Å². The Kier molecular flexibility index (Phi) is 5.61. The maximum atomic E-state index is 12.2. The van der Waals surface area contributed by atoms with Gasteiger partial charge in [-0.1, -0.05) is 12.1 Å². The highest BCUT2D eigenvalue weighted by molar-refractivity contribution is 5.77. The average Bonchev–Trinajstić information content (AvgIpc) is 3.00. The Morgan fingerprint density at radius 1 is 1.18 bits per heavy atom. The highest BCUT2D eigenvalue weighted by atomic mass is 16.5. The molecule has 0 aliphatic carbocycles. The van der Waals surface area contributed by atoms with Gasteiger partial charge in [-0.2, -0.15) is 0 Å². The van der Waals surface area contributed by atoms with E-state index in [4.69, 9.17) is 9.15 Å². The third kappa shape index (κ3) is 4.63. The number of benzene rings is 1. The normalized spacial score (nSPS) is 10.7. The Morgan fingerprint density at radius 2 is 2.00 bits per heavy atom. The first-order valence-electron chi connectivity index (χ1n) is 7.16. The molecule has 0 atom stereocenters. The molecule has 0 N–H and O–H groups in total. The summed E-state index contributed by atoms with van der Waals surface area (Å²) < 4.78 is 10.5. The molecule has 2 aromatic rings. The lowest BCUT2D eigenvalue weighted by Crippen LogP contribution is -2.35. The van der Waals surface area contributed by atoms with Gasteiger partial charge in [0.2, 0.25) is 5.91 Å². The first kappa shape index (κ1) is 16.1. The summed E-state index contributed by atoms with van der Waals surface area (Å²) in [6.45, 7) is 1.53. The molecule has 1 heterocycles. The second-order valence-corrected chi connectivity index (χ2v) is 5.35. The van der Waals surface area contributed by atoms with Gasteiger partial charge in [-0.15, -0.1) is 0 Å². The number of carbonyl (C=O) groups is 1. The van der Waals surface area contributed by atoms with E-state index >= 15 is 0 Å². The van der Waals surface area contributed by atoms with E-state index in [2.05, 4.69) is 0 Å². The van der Waals surface area contributed by atoms with Gasteiger partial charge in [0.25, 0.3) is 0 Å². The van der Waals surface area contributed by atoms with Crippen LogP contribution in [0.1, 0.15) is 11.3 Å². The fraction of sp³-hybridized carbons (Fsp3) is 0.353. The molecule has 0 unspecified atom stereocenters. The van der Waals surface area contributed by atoms with E-state index < -0.39 is 0 Å². The lowest BCUT2D eigenvalue weighted by molar-refractivity contribution is -0.131. The van der Waals surface area contributed by atoms with Crippen molar-refractivity contribution < 1.29 is 13.9 Å². The average molecular weight is 302 g/mol. The SMILES string of the molecule is COc1cccc(CN(C)CC(=O)N(C)Cc2ccco2)c1. The van der Waals surface area contributed by atoms with Gasteiger partial charge in [0.1, 0.15) is 11.5 Å². The van der Waals surface area contributed by atoms with Crippen LogP contribution in [0, 0.1) is 0 Å². The molecule has 2 rings (SSSR count). The molecule has 0 fully saturated rings. The smallest absolute Gasteiger partial charge is 0.236 e. The quantitative estimate of drug-likeness (QED) is 0.788. The lowest BCUT2D eigenvalue weighted by atomic mass is 10.2. The predicted molar refractivity (Wildman–Crippen MR) is 84.5 cm³/mol. The zero-order chi connectivity index (χ0) is 15.9. The Balaban J connectivity index is 1.85. The van der Waals surface area contributed by atoms with Gasteiger partial charge in [0.05, 0.1) is 26.5 Å². The molecule has 0 spiro atoms. The van der Waals surface area contributed by atoms with E-state index in [1.807, 2.05) is 48.3 Å². The summed E-state index contributed by atoms with van der Waals surface area (Å²) in [7, 11) is 5.36. The van der Waals surface area contributed by atoms with Crippen LogP contribution in [0.25, 0.3) is 0 Å². The number of furan rings is 1. The van der Waals surface area contributed by atoms with Gasteiger partial charge in [-0.3, -0.25) is 9.69 Å². The summed E-state index contributed by atoms with van der Waals surface area (Å²) in [6.07, 6.45) is 1.61. The van der Waals surface area contributed by atoms with E-state index in [0.29, 0.717) is 19.6 Å². The first-order chi connectivity index (χ1) is 10.6. The minimum atomic E-state index is 0.0572. The van der Waals surface area contributed by atoms with Crippen LogP contribution in [-0.2, 0) is 17.9 Å². The van der Waals surface area contributed by atoms with Crippen molar-refractivity contribution in [2.24, 2.45) is 0 Å². The number of rotatable bonds is 7. The van der Waals surface area contributed by atoms with Crippen molar-refractivity contribution in [2.45, 2.75) is 13.1 Å². The molecule has 0 saturated carbocycles. The Morgan fingerprint density at radius 3 is 2.68 bits per heavy atom. The van der Waals surface area contributed by atoms with Crippen LogP contribution in [-0.4, -0.2) is 43.5 Å². The molecule has 0 saturated heterocycles. The second-order valence-electron chi connectivity index (χ2n) is 5.35. The number of hydrogen-bond acceptors (Lipinski definition) is 4. The summed E-state index contributed by atoms with van der Waals surface area (Å²) in [4.78, 5) is 15.9. The molecule has 22 heavy (non-hydrogen) atoms. The monoisotopic (exact) mass is 302 g/mol. The van der Waals surface area contributed by atoms with Gasteiger partial charge >= 0.3 is 0 Å². The minimum absolute atomic E-state index is 0.0572. The van der Waals surface area contributed by atoms with Crippen LogP contribution in [0.2, 0.25) is 0 Å². The number of carbonyl (C=O) groups excluding carboxylic acids is 1. The van der Waals surface area contributed by atoms with E-state index in [0.717, 1.165) is 17.1 Å². The first-order valence-corrected chi connectivity index (χ1v) is 7.16. The summed E-state index contributed by atoms with van der Waals surface area (Å²) in [5, 5.41) is 0. The number of hydrogen-bond donors (Lipinski definition) is 0. The second kappa shape index (κ2) is 7.66. The molecular weight excluding hydrogens is 280 g/mol. The summed E-state index contributed by atoms with van der Waals surface area (Å²) in [6, 6.07) is 11.6. The Bertz CT molecular complexity index is 596. The van der Waals surface area contributed by atoms with E-state index in [1.165, 1.54) is 0 Å². The number of nitrogens with zero attached hydrogens (tertiary/aromatic N) is 2. The standard InChI is InChI=1S/C17H22N2O3/c1-18(11-14-6-4-7-15(10-14)21-3)13-17(20)19(2)12-16-8-5-9-22-16/h4-10H,11-13H2,1-3H3. The maximum absolute atomic E-state index is 12.2. The number of likely N-dealkylation sites (N-methyl/N-ethyl adjacent to an activating group) is 2. The van der Waals surface area contributed by atoms with Gasteiger partial charge in [0.15, 0.2) is 0 Å². The summed E-state index contributed by atoms with van der Waals surface area (Å²) in [5.41, 5.74) is 1.11. The van der Waals surface area contributed by atoms with Crippen LogP contribution in [0.15, 0.2) is 47.1 Å². The molecular formula is C17H22N2O3. The van der Waals surface area contributed by atoms with Crippen LogP contribution >= 0.6 is 0 Å². The van der Waals surface area contributed by atoms with Crippen molar-refractivity contribution in [3.63, 3.8) is 0 Å². The molecule has 0 aliphatic heterocycles. The van der Waals surface area contributed by atoms with Crippen molar-refractivity contribution in [3.05, 3.63) is 54.0 Å². The lowest BCUT2D eigenvalue weighted by Gasteiger charge is -2.21. The maximum Gasteiger partial charge on any atom is 0.236 e. The molecule has 5 nitrogen and oxygen atoms in total. The van der Waals surface area contributed by atoms with Crippen LogP contribution < -0.4 is 4.74 Å². The van der Waals surface area contributed by atoms with Crippen LogP contribution in [0.5, 0.6) is 5.75 Å². The molecule has 1 amide bonds. The Hall–Kier alpha value is -2.27.